The second-order valence-corrected chi connectivity index (χ2v) is 8.54. The van der Waals surface area contributed by atoms with Gasteiger partial charge < -0.3 is 5.32 Å². The van der Waals surface area contributed by atoms with Gasteiger partial charge in [-0.05, 0) is 35.6 Å². The summed E-state index contributed by atoms with van der Waals surface area (Å²) in [5.41, 5.74) is 2.07. The number of thiophene rings is 1. The molecule has 1 aromatic heterocycles. The molecule has 1 aliphatic heterocycles. The van der Waals surface area contributed by atoms with E-state index in [0.29, 0.717) is 11.1 Å². The van der Waals surface area contributed by atoms with Crippen molar-refractivity contribution in [2.75, 3.05) is 18.1 Å². The van der Waals surface area contributed by atoms with Crippen molar-refractivity contribution in [1.82, 2.24) is 5.32 Å². The summed E-state index contributed by atoms with van der Waals surface area (Å²) in [6.07, 6.45) is 0.900. The van der Waals surface area contributed by atoms with E-state index in [0.717, 1.165) is 12.0 Å². The van der Waals surface area contributed by atoms with E-state index >= 15 is 0 Å². The summed E-state index contributed by atoms with van der Waals surface area (Å²) < 4.78 is 0.543. The molecule has 1 aromatic carbocycles. The third-order valence-corrected chi connectivity index (χ3v) is 7.34. The molecule has 1 fully saturated rings. The molecular weight excluding hydrogens is 318 g/mol. The average molecular weight is 336 g/mol. The molecule has 2 heterocycles. The summed E-state index contributed by atoms with van der Waals surface area (Å²) in [6, 6.07) is 12.2. The molecule has 0 aliphatic carbocycles. The molecule has 1 aliphatic rings. The zero-order valence-electron chi connectivity index (χ0n) is 11.6. The Morgan fingerprint density at radius 1 is 1.14 bits per heavy atom. The quantitative estimate of drug-likeness (QED) is 0.888. The molecule has 1 N–H and O–H groups in total. The minimum atomic E-state index is 0.0184. The minimum absolute atomic E-state index is 0.0184. The number of carbonyl (C=O) groups is 1. The van der Waals surface area contributed by atoms with Gasteiger partial charge in [0.25, 0.3) is 5.91 Å². The third-order valence-electron chi connectivity index (χ3n) is 3.30. The van der Waals surface area contributed by atoms with Crippen molar-refractivity contribution in [2.24, 2.45) is 0 Å². The zero-order valence-corrected chi connectivity index (χ0v) is 14.0. The molecule has 0 bridgehead atoms. The van der Waals surface area contributed by atoms with Crippen LogP contribution < -0.4 is 5.32 Å². The van der Waals surface area contributed by atoms with Gasteiger partial charge >= 0.3 is 0 Å². The number of benzene rings is 1. The topological polar surface area (TPSA) is 29.1 Å². The summed E-state index contributed by atoms with van der Waals surface area (Å²) in [6.45, 7) is 0.690. The highest BCUT2D eigenvalue weighted by Gasteiger charge is 2.18. The van der Waals surface area contributed by atoms with Crippen molar-refractivity contribution < 1.29 is 4.79 Å². The highest BCUT2D eigenvalue weighted by Crippen LogP contribution is 2.45. The molecule has 2 nitrogen and oxygen atoms in total. The van der Waals surface area contributed by atoms with Crippen LogP contribution in [0.2, 0.25) is 0 Å². The fourth-order valence-electron chi connectivity index (χ4n) is 2.20. The number of hydrogen-bond donors (Lipinski definition) is 1. The number of nitrogens with one attached hydrogen (secondary N) is 1. The van der Waals surface area contributed by atoms with E-state index in [-0.39, 0.29) is 5.91 Å². The van der Waals surface area contributed by atoms with E-state index in [1.165, 1.54) is 21.9 Å². The van der Waals surface area contributed by atoms with Gasteiger partial charge in [0, 0.05) is 28.5 Å². The van der Waals surface area contributed by atoms with Gasteiger partial charge in [-0.25, -0.2) is 0 Å². The van der Waals surface area contributed by atoms with Gasteiger partial charge in [-0.15, -0.1) is 34.9 Å². The molecule has 0 radical (unpaired) electrons. The highest BCUT2D eigenvalue weighted by molar-refractivity contribution is 8.19. The van der Waals surface area contributed by atoms with Crippen molar-refractivity contribution in [3.05, 3.63) is 57.8 Å². The Balaban J connectivity index is 1.52. The predicted molar refractivity (Wildman–Crippen MR) is 94.5 cm³/mol. The number of carbonyl (C=O) groups excluding carboxylic acids is 1. The molecular formula is C16H17NOS3. The first-order valence-electron chi connectivity index (χ1n) is 6.97. The van der Waals surface area contributed by atoms with Gasteiger partial charge in [0.1, 0.15) is 0 Å². The van der Waals surface area contributed by atoms with Crippen molar-refractivity contribution in [1.29, 1.82) is 0 Å². The van der Waals surface area contributed by atoms with Crippen LogP contribution in [0.25, 0.3) is 0 Å². The molecule has 5 heteroatoms. The SMILES string of the molecule is O=C(NCCc1cccs1)c1ccc(C2SCCS2)cc1. The van der Waals surface area contributed by atoms with Crippen LogP contribution in [0.3, 0.4) is 0 Å². The van der Waals surface area contributed by atoms with Gasteiger partial charge in [0.2, 0.25) is 0 Å². The molecule has 0 atom stereocenters. The Kier molecular flexibility index (Phi) is 5.27. The predicted octanol–water partition coefficient (Wildman–Crippen LogP) is 4.20. The molecule has 1 amide bonds. The lowest BCUT2D eigenvalue weighted by Gasteiger charge is -2.09. The number of hydrogen-bond acceptors (Lipinski definition) is 4. The van der Waals surface area contributed by atoms with Crippen LogP contribution in [0.15, 0.2) is 41.8 Å². The van der Waals surface area contributed by atoms with E-state index in [9.17, 15) is 4.79 Å². The van der Waals surface area contributed by atoms with Crippen molar-refractivity contribution in [2.45, 2.75) is 11.0 Å². The number of amides is 1. The summed E-state index contributed by atoms with van der Waals surface area (Å²) in [5, 5.41) is 5.05. The van der Waals surface area contributed by atoms with Crippen molar-refractivity contribution in [3.8, 4) is 0 Å². The first-order valence-corrected chi connectivity index (χ1v) is 9.94. The Morgan fingerprint density at radius 2 is 1.90 bits per heavy atom. The standard InChI is InChI=1S/C16H17NOS3/c18-15(17-8-7-14-2-1-9-19-14)12-3-5-13(6-4-12)16-20-10-11-21-16/h1-6,9,16H,7-8,10-11H2,(H,17,18). The summed E-state index contributed by atoms with van der Waals surface area (Å²) in [4.78, 5) is 13.4. The normalized spacial score (nSPS) is 15.2. The molecule has 1 saturated heterocycles. The van der Waals surface area contributed by atoms with Crippen LogP contribution in [0.4, 0.5) is 0 Å². The van der Waals surface area contributed by atoms with Crippen LogP contribution in [0.5, 0.6) is 0 Å². The lowest BCUT2D eigenvalue weighted by atomic mass is 10.1. The maximum atomic E-state index is 12.1. The maximum absolute atomic E-state index is 12.1. The second-order valence-electron chi connectivity index (χ2n) is 4.78. The van der Waals surface area contributed by atoms with Crippen molar-refractivity contribution >= 4 is 40.8 Å². The van der Waals surface area contributed by atoms with Crippen LogP contribution >= 0.6 is 34.9 Å². The first-order chi connectivity index (χ1) is 10.3. The van der Waals surface area contributed by atoms with Gasteiger partial charge in [-0.3, -0.25) is 4.79 Å². The average Bonchev–Trinajstić information content (AvgIpc) is 3.21. The van der Waals surface area contributed by atoms with Crippen LogP contribution in [-0.4, -0.2) is 24.0 Å². The fraction of sp³-hybridized carbons (Fsp3) is 0.312. The Hall–Kier alpha value is -0.910. The molecule has 3 rings (SSSR count). The zero-order chi connectivity index (χ0) is 14.5. The second kappa shape index (κ2) is 7.38. The Morgan fingerprint density at radius 3 is 2.57 bits per heavy atom. The molecule has 110 valence electrons. The van der Waals surface area contributed by atoms with Gasteiger partial charge in [0.15, 0.2) is 0 Å². The molecule has 2 aromatic rings. The van der Waals surface area contributed by atoms with Gasteiger partial charge in [-0.2, -0.15) is 0 Å². The van der Waals surface area contributed by atoms with Gasteiger partial charge in [-0.1, -0.05) is 18.2 Å². The maximum Gasteiger partial charge on any atom is 0.251 e. The minimum Gasteiger partial charge on any atom is -0.352 e. The lowest BCUT2D eigenvalue weighted by molar-refractivity contribution is 0.0954. The molecule has 0 unspecified atom stereocenters. The summed E-state index contributed by atoms with van der Waals surface area (Å²) in [5.74, 6) is 2.46. The third kappa shape index (κ3) is 4.05. The smallest absolute Gasteiger partial charge is 0.251 e. The monoisotopic (exact) mass is 335 g/mol. The Labute approximate surface area is 137 Å². The molecule has 21 heavy (non-hydrogen) atoms. The molecule has 0 saturated carbocycles. The number of rotatable bonds is 5. The Bertz CT molecular complexity index is 574. The highest BCUT2D eigenvalue weighted by atomic mass is 32.2. The van der Waals surface area contributed by atoms with Crippen LogP contribution in [0.1, 0.15) is 25.4 Å². The first kappa shape index (κ1) is 15.0. The van der Waals surface area contributed by atoms with E-state index in [4.69, 9.17) is 0 Å². The van der Waals surface area contributed by atoms with E-state index in [2.05, 4.69) is 28.9 Å². The van der Waals surface area contributed by atoms with Crippen molar-refractivity contribution in [3.63, 3.8) is 0 Å². The largest absolute Gasteiger partial charge is 0.352 e. The van der Waals surface area contributed by atoms with E-state index < -0.39 is 0 Å². The van der Waals surface area contributed by atoms with E-state index in [1.807, 2.05) is 41.7 Å². The number of thioether (sulfide) groups is 2. The lowest BCUT2D eigenvalue weighted by Crippen LogP contribution is -2.25. The fourth-order valence-corrected chi connectivity index (χ4v) is 5.77. The van der Waals surface area contributed by atoms with E-state index in [1.54, 1.807) is 11.3 Å². The van der Waals surface area contributed by atoms with Gasteiger partial charge in [0.05, 0.1) is 4.58 Å². The van der Waals surface area contributed by atoms with Crippen LogP contribution in [0, 0.1) is 0 Å². The summed E-state index contributed by atoms with van der Waals surface area (Å²) >= 11 is 5.70. The molecule has 0 spiro atoms. The summed E-state index contributed by atoms with van der Waals surface area (Å²) in [7, 11) is 0. The van der Waals surface area contributed by atoms with Crippen LogP contribution in [-0.2, 0) is 6.42 Å².